The van der Waals surface area contributed by atoms with E-state index in [4.69, 9.17) is 20.8 Å². The largest absolute Gasteiger partial charge is 0.487 e. The smallest absolute Gasteiger partial charge is 0.145 e. The molecular weight excluding hydrogens is 539 g/mol. The summed E-state index contributed by atoms with van der Waals surface area (Å²) in [5, 5.41) is 4.51. The topological polar surface area (TPSA) is 89.6 Å². The highest BCUT2D eigenvalue weighted by atomic mass is 35.5. The first-order valence-electron chi connectivity index (χ1n) is 12.0. The van der Waals surface area contributed by atoms with Gasteiger partial charge in [0.1, 0.15) is 41.8 Å². The van der Waals surface area contributed by atoms with Crippen LogP contribution >= 0.6 is 11.6 Å². The third-order valence-electron chi connectivity index (χ3n) is 5.75. The fourth-order valence-electron chi connectivity index (χ4n) is 3.84. The van der Waals surface area contributed by atoms with Gasteiger partial charge in [0.2, 0.25) is 0 Å². The van der Waals surface area contributed by atoms with E-state index < -0.39 is 10.8 Å². The van der Waals surface area contributed by atoms with Gasteiger partial charge in [0.25, 0.3) is 0 Å². The number of ether oxygens (including phenoxy) is 1. The monoisotopic (exact) mass is 562 g/mol. The molecule has 1 unspecified atom stereocenters. The summed E-state index contributed by atoms with van der Waals surface area (Å²) in [7, 11) is -0.878. The van der Waals surface area contributed by atoms with Crippen LogP contribution in [0, 0.1) is 5.82 Å². The van der Waals surface area contributed by atoms with Crippen LogP contribution in [0.5, 0.6) is 5.75 Å². The second-order valence-corrected chi connectivity index (χ2v) is 10.6. The molecule has 0 radical (unpaired) electrons. The summed E-state index contributed by atoms with van der Waals surface area (Å²) < 4.78 is 36.3. The Morgan fingerprint density at radius 3 is 2.82 bits per heavy atom. The molecule has 198 valence electrons. The van der Waals surface area contributed by atoms with Crippen LogP contribution in [-0.4, -0.2) is 38.9 Å². The lowest BCUT2D eigenvalue weighted by Gasteiger charge is -2.12. The Balaban J connectivity index is 1.32. The number of hydrogen-bond donors (Lipinski definition) is 1. The van der Waals surface area contributed by atoms with E-state index in [9.17, 15) is 8.60 Å². The minimum absolute atomic E-state index is 0.198. The second kappa shape index (κ2) is 12.2. The zero-order valence-corrected chi connectivity index (χ0v) is 22.5. The highest BCUT2D eigenvalue weighted by molar-refractivity contribution is 7.84. The summed E-state index contributed by atoms with van der Waals surface area (Å²) in [6, 6.07) is 21.1. The highest BCUT2D eigenvalue weighted by Gasteiger charge is 2.11. The van der Waals surface area contributed by atoms with E-state index in [-0.39, 0.29) is 12.4 Å². The Kier molecular flexibility index (Phi) is 8.29. The molecule has 10 heteroatoms. The van der Waals surface area contributed by atoms with Crippen LogP contribution in [0.2, 0.25) is 5.02 Å². The predicted octanol–water partition coefficient (Wildman–Crippen LogP) is 6.80. The van der Waals surface area contributed by atoms with Gasteiger partial charge in [-0.05, 0) is 66.2 Å². The Bertz CT molecular complexity index is 1670. The summed E-state index contributed by atoms with van der Waals surface area (Å²) in [5.41, 5.74) is 3.04. The van der Waals surface area contributed by atoms with Gasteiger partial charge in [-0.15, -0.1) is 0 Å². The molecule has 0 aliphatic rings. The molecule has 2 aromatic heterocycles. The van der Waals surface area contributed by atoms with Gasteiger partial charge in [-0.1, -0.05) is 23.7 Å². The number of nitrogens with one attached hydrogen (secondary N) is 1. The molecule has 1 N–H and O–H groups in total. The summed E-state index contributed by atoms with van der Waals surface area (Å²) in [5.74, 6) is 2.58. The molecule has 5 aromatic rings. The molecule has 5 rings (SSSR count). The fraction of sp³-hybridized carbons (Fsp3) is 0.138. The van der Waals surface area contributed by atoms with Gasteiger partial charge in [-0.3, -0.25) is 9.20 Å². The van der Waals surface area contributed by atoms with E-state index in [1.807, 2.05) is 36.4 Å². The van der Waals surface area contributed by atoms with Crippen molar-refractivity contribution in [2.45, 2.75) is 6.61 Å². The number of anilines is 2. The first kappa shape index (κ1) is 26.5. The van der Waals surface area contributed by atoms with Crippen LogP contribution in [0.15, 0.2) is 88.5 Å². The Hall–Kier alpha value is -4.08. The maximum absolute atomic E-state index is 13.4. The van der Waals surface area contributed by atoms with Gasteiger partial charge in [0.15, 0.2) is 0 Å². The average molecular weight is 563 g/mol. The lowest BCUT2D eigenvalue weighted by Crippen LogP contribution is -1.99. The van der Waals surface area contributed by atoms with Crippen LogP contribution in [0.25, 0.3) is 22.2 Å². The van der Waals surface area contributed by atoms with Crippen molar-refractivity contribution >= 4 is 51.0 Å². The molecule has 7 nitrogen and oxygen atoms in total. The van der Waals surface area contributed by atoms with Gasteiger partial charge < -0.3 is 14.5 Å². The van der Waals surface area contributed by atoms with Crippen molar-refractivity contribution in [2.75, 3.05) is 23.9 Å². The second-order valence-electron chi connectivity index (χ2n) is 8.66. The molecule has 0 fully saturated rings. The standard InChI is InChI=1S/C29H24ClFN4O3S/c1-39(36)12-11-32-16-23-7-10-27(38-23)20-5-8-26-24(14-20)29(34-18-33-26)35-22-6-9-28(25(30)15-22)37-17-19-3-2-4-21(31)13-19/h2-10,13-16,18H,11-12,17H2,1H3,(H,33,34,35). The van der Waals surface area contributed by atoms with Gasteiger partial charge in [-0.25, -0.2) is 14.4 Å². The summed E-state index contributed by atoms with van der Waals surface area (Å²) in [4.78, 5) is 13.1. The molecule has 3 aromatic carbocycles. The van der Waals surface area contributed by atoms with Crippen LogP contribution in [0.4, 0.5) is 15.9 Å². The minimum atomic E-state index is -0.878. The number of aliphatic imine (C=N–C) groups is 1. The number of rotatable bonds is 10. The molecule has 0 saturated carbocycles. The van der Waals surface area contributed by atoms with Gasteiger partial charge in [0.05, 0.1) is 23.3 Å². The molecule has 0 bridgehead atoms. The van der Waals surface area contributed by atoms with Crippen molar-refractivity contribution in [1.29, 1.82) is 0 Å². The molecule has 0 aliphatic heterocycles. The first-order valence-corrected chi connectivity index (χ1v) is 14.1. The Labute approximate surface area is 232 Å². The van der Waals surface area contributed by atoms with Crippen LogP contribution in [0.3, 0.4) is 0 Å². The zero-order chi connectivity index (χ0) is 27.2. The van der Waals surface area contributed by atoms with Crippen molar-refractivity contribution in [3.8, 4) is 17.1 Å². The number of halogens is 2. The number of fused-ring (bicyclic) bond motifs is 1. The van der Waals surface area contributed by atoms with E-state index in [1.54, 1.807) is 36.7 Å². The summed E-state index contributed by atoms with van der Waals surface area (Å²) in [6.45, 7) is 0.676. The normalized spacial score (nSPS) is 12.2. The lowest BCUT2D eigenvalue weighted by atomic mass is 10.1. The maximum atomic E-state index is 13.4. The molecular formula is C29H24ClFN4O3S. The number of furan rings is 1. The summed E-state index contributed by atoms with van der Waals surface area (Å²) in [6.07, 6.45) is 4.79. The fourth-order valence-corrected chi connectivity index (χ4v) is 4.44. The maximum Gasteiger partial charge on any atom is 0.145 e. The number of hydrogen-bond acceptors (Lipinski definition) is 7. The molecule has 0 spiro atoms. The van der Waals surface area contributed by atoms with Gasteiger partial charge in [0, 0.05) is 39.4 Å². The minimum Gasteiger partial charge on any atom is -0.487 e. The van der Waals surface area contributed by atoms with Crippen molar-refractivity contribution in [3.63, 3.8) is 0 Å². The molecule has 0 amide bonds. The predicted molar refractivity (Wildman–Crippen MR) is 154 cm³/mol. The molecule has 39 heavy (non-hydrogen) atoms. The first-order chi connectivity index (χ1) is 18.9. The molecule has 1 atom stereocenters. The van der Waals surface area contributed by atoms with E-state index in [0.717, 1.165) is 16.5 Å². The average Bonchev–Trinajstić information content (AvgIpc) is 3.40. The molecule has 2 heterocycles. The number of benzene rings is 3. The lowest BCUT2D eigenvalue weighted by molar-refractivity contribution is 0.306. The molecule has 0 saturated heterocycles. The Morgan fingerprint density at radius 1 is 1.10 bits per heavy atom. The third kappa shape index (κ3) is 6.87. The van der Waals surface area contributed by atoms with Crippen LogP contribution in [0.1, 0.15) is 11.3 Å². The Morgan fingerprint density at radius 2 is 2.00 bits per heavy atom. The van der Waals surface area contributed by atoms with E-state index in [0.29, 0.717) is 51.7 Å². The van der Waals surface area contributed by atoms with E-state index in [2.05, 4.69) is 20.3 Å². The van der Waals surface area contributed by atoms with Crippen molar-refractivity contribution in [1.82, 2.24) is 9.97 Å². The summed E-state index contributed by atoms with van der Waals surface area (Å²) >= 11 is 6.47. The quantitative estimate of drug-likeness (QED) is 0.188. The number of nitrogens with zero attached hydrogens (tertiary/aromatic N) is 3. The van der Waals surface area contributed by atoms with E-state index >= 15 is 0 Å². The van der Waals surface area contributed by atoms with E-state index in [1.165, 1.54) is 18.5 Å². The third-order valence-corrected chi connectivity index (χ3v) is 6.80. The SMILES string of the molecule is CS(=O)CCN=Cc1ccc(-c2ccc3ncnc(Nc4ccc(OCc5cccc(F)c5)c(Cl)c4)c3c2)o1. The van der Waals surface area contributed by atoms with Gasteiger partial charge >= 0.3 is 0 Å². The van der Waals surface area contributed by atoms with Crippen LogP contribution < -0.4 is 10.1 Å². The highest BCUT2D eigenvalue weighted by Crippen LogP contribution is 2.32. The molecule has 0 aliphatic carbocycles. The van der Waals surface area contributed by atoms with Crippen LogP contribution in [-0.2, 0) is 17.4 Å². The van der Waals surface area contributed by atoms with Crippen molar-refractivity contribution in [3.05, 3.63) is 101 Å². The van der Waals surface area contributed by atoms with Crippen molar-refractivity contribution in [2.24, 2.45) is 4.99 Å². The van der Waals surface area contributed by atoms with Gasteiger partial charge in [-0.2, -0.15) is 0 Å². The van der Waals surface area contributed by atoms with Crippen molar-refractivity contribution < 1.29 is 17.8 Å². The number of aromatic nitrogens is 2. The zero-order valence-electron chi connectivity index (χ0n) is 20.9.